The van der Waals surface area contributed by atoms with Crippen molar-refractivity contribution in [3.8, 4) is 10.4 Å². The fraction of sp³-hybridized carbons (Fsp3) is 0.208. The first-order chi connectivity index (χ1) is 15.8. The minimum atomic E-state index is -4.42. The van der Waals surface area contributed by atoms with E-state index in [2.05, 4.69) is 10.3 Å². The monoisotopic (exact) mass is 471 g/mol. The molecule has 0 saturated heterocycles. The number of carbonyl (C=O) groups is 1. The molecular formula is C24H20F3N3O2S. The Morgan fingerprint density at radius 2 is 1.73 bits per heavy atom. The van der Waals surface area contributed by atoms with Crippen molar-refractivity contribution in [1.82, 2.24) is 14.9 Å². The number of carbonyl (C=O) groups excluding carboxylic acids is 1. The molecule has 0 fully saturated rings. The van der Waals surface area contributed by atoms with E-state index in [1.807, 2.05) is 30.3 Å². The summed E-state index contributed by atoms with van der Waals surface area (Å²) in [4.78, 5) is 30.8. The molecule has 0 radical (unpaired) electrons. The number of rotatable bonds is 7. The van der Waals surface area contributed by atoms with Gasteiger partial charge in [0.2, 0.25) is 5.91 Å². The second-order valence-corrected chi connectivity index (χ2v) is 8.55. The van der Waals surface area contributed by atoms with E-state index < -0.39 is 18.0 Å². The van der Waals surface area contributed by atoms with Gasteiger partial charge >= 0.3 is 6.18 Å². The summed E-state index contributed by atoms with van der Waals surface area (Å²) in [5.41, 5.74) is 0.740. The van der Waals surface area contributed by atoms with Crippen LogP contribution in [0.3, 0.4) is 0 Å². The van der Waals surface area contributed by atoms with Gasteiger partial charge in [-0.3, -0.25) is 14.2 Å². The number of hydrogen-bond acceptors (Lipinski definition) is 4. The van der Waals surface area contributed by atoms with Gasteiger partial charge in [0, 0.05) is 11.4 Å². The van der Waals surface area contributed by atoms with Crippen LogP contribution in [0.1, 0.15) is 17.9 Å². The summed E-state index contributed by atoms with van der Waals surface area (Å²) in [5, 5.41) is 2.88. The van der Waals surface area contributed by atoms with Crippen LogP contribution in [0.5, 0.6) is 0 Å². The van der Waals surface area contributed by atoms with Crippen molar-refractivity contribution >= 4 is 27.5 Å². The predicted octanol–water partition coefficient (Wildman–Crippen LogP) is 4.98. The van der Waals surface area contributed by atoms with E-state index in [4.69, 9.17) is 0 Å². The van der Waals surface area contributed by atoms with Crippen LogP contribution in [-0.2, 0) is 11.3 Å². The topological polar surface area (TPSA) is 64.0 Å². The molecule has 0 spiro atoms. The maximum absolute atomic E-state index is 13.4. The molecular weight excluding hydrogens is 451 g/mol. The molecule has 0 aliphatic rings. The maximum atomic E-state index is 13.4. The third-order valence-corrected chi connectivity index (χ3v) is 6.33. The fourth-order valence-corrected chi connectivity index (χ4v) is 4.58. The SMILES string of the molecule is O=C(Cn1cnc2sc(-c3ccccc3)cc2c1=O)NCCC(c1ccccc1)C(F)(F)F. The summed E-state index contributed by atoms with van der Waals surface area (Å²) in [7, 11) is 0. The lowest BCUT2D eigenvalue weighted by atomic mass is 9.95. The second kappa shape index (κ2) is 9.58. The number of alkyl halides is 3. The molecule has 5 nitrogen and oxygen atoms in total. The first-order valence-corrected chi connectivity index (χ1v) is 11.1. The van der Waals surface area contributed by atoms with E-state index in [1.165, 1.54) is 29.8 Å². The number of nitrogens with zero attached hydrogens (tertiary/aromatic N) is 2. The Morgan fingerprint density at radius 1 is 1.06 bits per heavy atom. The zero-order chi connectivity index (χ0) is 23.4. The Balaban J connectivity index is 1.42. The van der Waals surface area contributed by atoms with Crippen LogP contribution in [0.2, 0.25) is 0 Å². The molecule has 4 rings (SSSR count). The molecule has 4 aromatic rings. The van der Waals surface area contributed by atoms with E-state index in [-0.39, 0.29) is 30.6 Å². The zero-order valence-corrected chi connectivity index (χ0v) is 18.2. The Morgan fingerprint density at radius 3 is 2.39 bits per heavy atom. The summed E-state index contributed by atoms with van der Waals surface area (Å²) in [6.45, 7) is -0.487. The standard InChI is InChI=1S/C24H20F3N3O2S/c25-24(26,27)19(16-7-3-1-4-8-16)11-12-28-21(31)14-30-15-29-22-18(23(30)32)13-20(33-22)17-9-5-2-6-10-17/h1-10,13,15,19H,11-12,14H2,(H,28,31). The van der Waals surface area contributed by atoms with Gasteiger partial charge < -0.3 is 5.32 Å². The Hall–Kier alpha value is -3.46. The van der Waals surface area contributed by atoms with E-state index in [0.717, 1.165) is 15.0 Å². The van der Waals surface area contributed by atoms with Crippen molar-refractivity contribution in [2.75, 3.05) is 6.54 Å². The van der Waals surface area contributed by atoms with Gasteiger partial charge in [0.25, 0.3) is 5.56 Å². The smallest absolute Gasteiger partial charge is 0.355 e. The number of amides is 1. The lowest BCUT2D eigenvalue weighted by Crippen LogP contribution is -2.34. The molecule has 0 bridgehead atoms. The molecule has 0 aliphatic carbocycles. The number of benzene rings is 2. The van der Waals surface area contributed by atoms with Crippen LogP contribution in [0, 0.1) is 0 Å². The van der Waals surface area contributed by atoms with Gasteiger partial charge in [-0.1, -0.05) is 60.7 Å². The number of aromatic nitrogens is 2. The van der Waals surface area contributed by atoms with Gasteiger partial charge in [-0.15, -0.1) is 11.3 Å². The van der Waals surface area contributed by atoms with E-state index in [9.17, 15) is 22.8 Å². The van der Waals surface area contributed by atoms with Crippen LogP contribution in [0.25, 0.3) is 20.7 Å². The molecule has 1 N–H and O–H groups in total. The Bertz CT molecular complexity index is 1300. The minimum Gasteiger partial charge on any atom is -0.355 e. The van der Waals surface area contributed by atoms with Gasteiger partial charge in [-0.25, -0.2) is 4.98 Å². The van der Waals surface area contributed by atoms with Crippen LogP contribution < -0.4 is 10.9 Å². The largest absolute Gasteiger partial charge is 0.395 e. The highest BCUT2D eigenvalue weighted by molar-refractivity contribution is 7.21. The van der Waals surface area contributed by atoms with Crippen LogP contribution in [0.4, 0.5) is 13.2 Å². The van der Waals surface area contributed by atoms with Crippen LogP contribution in [-0.4, -0.2) is 28.2 Å². The molecule has 1 atom stereocenters. The lowest BCUT2D eigenvalue weighted by molar-refractivity contribution is -0.152. The molecule has 2 aromatic carbocycles. The summed E-state index contributed by atoms with van der Waals surface area (Å²) < 4.78 is 41.5. The second-order valence-electron chi connectivity index (χ2n) is 7.52. The van der Waals surface area contributed by atoms with Crippen molar-refractivity contribution in [2.45, 2.75) is 25.1 Å². The molecule has 170 valence electrons. The average Bonchev–Trinajstić information content (AvgIpc) is 3.24. The summed E-state index contributed by atoms with van der Waals surface area (Å²) >= 11 is 1.38. The average molecular weight is 472 g/mol. The van der Waals surface area contributed by atoms with Crippen LogP contribution >= 0.6 is 11.3 Å². The first-order valence-electron chi connectivity index (χ1n) is 10.3. The molecule has 1 unspecified atom stereocenters. The summed E-state index contributed by atoms with van der Waals surface area (Å²) in [6.07, 6.45) is -3.43. The highest BCUT2D eigenvalue weighted by atomic mass is 32.1. The van der Waals surface area contributed by atoms with Gasteiger partial charge in [-0.05, 0) is 23.6 Å². The predicted molar refractivity (Wildman–Crippen MR) is 122 cm³/mol. The maximum Gasteiger partial charge on any atom is 0.395 e. The Kier molecular flexibility index (Phi) is 6.60. The van der Waals surface area contributed by atoms with E-state index in [0.29, 0.717) is 10.2 Å². The molecule has 1 amide bonds. The zero-order valence-electron chi connectivity index (χ0n) is 17.4. The summed E-state index contributed by atoms with van der Waals surface area (Å²) in [6, 6.07) is 18.9. The van der Waals surface area contributed by atoms with E-state index in [1.54, 1.807) is 24.3 Å². The lowest BCUT2D eigenvalue weighted by Gasteiger charge is -2.21. The molecule has 9 heteroatoms. The molecule has 2 heterocycles. The minimum absolute atomic E-state index is 0.150. The quantitative estimate of drug-likeness (QED) is 0.414. The van der Waals surface area contributed by atoms with E-state index >= 15 is 0 Å². The molecule has 33 heavy (non-hydrogen) atoms. The highest BCUT2D eigenvalue weighted by Gasteiger charge is 2.40. The Labute approximate surface area is 191 Å². The van der Waals surface area contributed by atoms with Gasteiger partial charge in [-0.2, -0.15) is 13.2 Å². The third kappa shape index (κ3) is 5.31. The fourth-order valence-electron chi connectivity index (χ4n) is 3.59. The number of halogens is 3. The molecule has 0 saturated carbocycles. The normalized spacial score (nSPS) is 12.6. The van der Waals surface area contributed by atoms with Gasteiger partial charge in [0.05, 0.1) is 17.6 Å². The van der Waals surface area contributed by atoms with Crippen molar-refractivity contribution in [3.63, 3.8) is 0 Å². The summed E-state index contributed by atoms with van der Waals surface area (Å²) in [5.74, 6) is -2.23. The highest BCUT2D eigenvalue weighted by Crippen LogP contribution is 2.37. The third-order valence-electron chi connectivity index (χ3n) is 5.24. The van der Waals surface area contributed by atoms with Crippen molar-refractivity contribution in [3.05, 3.63) is 89.0 Å². The molecule has 0 aliphatic heterocycles. The van der Waals surface area contributed by atoms with Gasteiger partial charge in [0.1, 0.15) is 11.4 Å². The number of hydrogen-bond donors (Lipinski definition) is 1. The first kappa shape index (κ1) is 22.7. The van der Waals surface area contributed by atoms with Crippen molar-refractivity contribution in [2.24, 2.45) is 0 Å². The van der Waals surface area contributed by atoms with Crippen LogP contribution in [0.15, 0.2) is 77.9 Å². The van der Waals surface area contributed by atoms with Gasteiger partial charge in [0.15, 0.2) is 0 Å². The van der Waals surface area contributed by atoms with Crippen molar-refractivity contribution < 1.29 is 18.0 Å². The van der Waals surface area contributed by atoms with Crippen molar-refractivity contribution in [1.29, 1.82) is 0 Å². The number of fused-ring (bicyclic) bond motifs is 1. The number of nitrogens with one attached hydrogen (secondary N) is 1. The molecule has 2 aromatic heterocycles. The number of thiophene rings is 1.